The number of pyridine rings is 1. The Bertz CT molecular complexity index is 1250. The van der Waals surface area contributed by atoms with Crippen molar-refractivity contribution in [1.29, 1.82) is 0 Å². The van der Waals surface area contributed by atoms with Crippen LogP contribution in [0.25, 0.3) is 31.6 Å². The van der Waals surface area contributed by atoms with E-state index in [1.807, 2.05) is 12.1 Å². The van der Waals surface area contributed by atoms with Gasteiger partial charge >= 0.3 is 5.97 Å². The van der Waals surface area contributed by atoms with Crippen LogP contribution in [0.5, 0.6) is 0 Å². The number of hydrogen-bond acceptors (Lipinski definition) is 7. The highest BCUT2D eigenvalue weighted by Crippen LogP contribution is 2.40. The van der Waals surface area contributed by atoms with Crippen LogP contribution in [0.4, 0.5) is 0 Å². The molecular weight excluding hydrogens is 388 g/mol. The number of H-pyrrole nitrogens is 1. The fraction of sp³-hybridized carbons (Fsp3) is 0.167. The van der Waals surface area contributed by atoms with E-state index >= 15 is 0 Å². The lowest BCUT2D eigenvalue weighted by Gasteiger charge is -2.13. The average molecular weight is 401 g/mol. The Morgan fingerprint density at radius 3 is 2.74 bits per heavy atom. The van der Waals surface area contributed by atoms with Gasteiger partial charge in [-0.2, -0.15) is 0 Å². The monoisotopic (exact) mass is 400 g/mol. The highest BCUT2D eigenvalue weighted by molar-refractivity contribution is 7.25. The molecule has 0 aliphatic rings. The molecule has 0 fully saturated rings. The van der Waals surface area contributed by atoms with Gasteiger partial charge in [-0.3, -0.25) is 4.79 Å². The molecule has 0 saturated carbocycles. The maximum atomic E-state index is 12.7. The summed E-state index contributed by atoms with van der Waals surface area (Å²) in [7, 11) is 0. The maximum absolute atomic E-state index is 12.7. The molecule has 0 spiro atoms. The van der Waals surface area contributed by atoms with Crippen molar-refractivity contribution in [3.63, 3.8) is 0 Å². The van der Waals surface area contributed by atoms with Gasteiger partial charge in [0.25, 0.3) is 5.56 Å². The van der Waals surface area contributed by atoms with E-state index in [2.05, 4.69) is 20.4 Å². The number of esters is 1. The van der Waals surface area contributed by atoms with Crippen molar-refractivity contribution in [3.8, 4) is 11.1 Å². The maximum Gasteiger partial charge on any atom is 0.340 e. The SMILES string of the molecule is CCOC(=O)c1c(C)nc2sc3c(=O)[nH]nnc3c2c1-c1ccc(Cl)cc1. The van der Waals surface area contributed by atoms with Gasteiger partial charge in [0, 0.05) is 16.0 Å². The molecule has 0 radical (unpaired) electrons. The van der Waals surface area contributed by atoms with Gasteiger partial charge in [-0.1, -0.05) is 28.9 Å². The smallest absolute Gasteiger partial charge is 0.340 e. The summed E-state index contributed by atoms with van der Waals surface area (Å²) < 4.78 is 5.66. The van der Waals surface area contributed by atoms with Crippen LogP contribution in [0.2, 0.25) is 5.02 Å². The van der Waals surface area contributed by atoms with Crippen molar-refractivity contribution in [2.75, 3.05) is 6.61 Å². The first-order valence-electron chi connectivity index (χ1n) is 8.12. The predicted molar refractivity (Wildman–Crippen MR) is 104 cm³/mol. The van der Waals surface area contributed by atoms with Gasteiger partial charge in [-0.25, -0.2) is 14.9 Å². The largest absolute Gasteiger partial charge is 0.462 e. The van der Waals surface area contributed by atoms with Crippen molar-refractivity contribution in [1.82, 2.24) is 20.4 Å². The van der Waals surface area contributed by atoms with Crippen LogP contribution in [-0.2, 0) is 4.74 Å². The van der Waals surface area contributed by atoms with Crippen LogP contribution < -0.4 is 5.56 Å². The first kappa shape index (κ1) is 17.6. The topological polar surface area (TPSA) is 97.8 Å². The summed E-state index contributed by atoms with van der Waals surface area (Å²) in [6, 6.07) is 7.09. The molecular formula is C18H13ClN4O3S. The third-order valence-electron chi connectivity index (χ3n) is 4.12. The number of fused-ring (bicyclic) bond motifs is 3. The summed E-state index contributed by atoms with van der Waals surface area (Å²) >= 11 is 7.24. The number of thiophene rings is 1. The molecule has 0 atom stereocenters. The number of carbonyl (C=O) groups is 1. The van der Waals surface area contributed by atoms with Crippen molar-refractivity contribution in [3.05, 3.63) is 50.9 Å². The Morgan fingerprint density at radius 1 is 1.30 bits per heavy atom. The van der Waals surface area contributed by atoms with Gasteiger partial charge in [0.1, 0.15) is 15.0 Å². The Labute approximate surface area is 162 Å². The molecule has 3 aromatic heterocycles. The highest BCUT2D eigenvalue weighted by Gasteiger charge is 2.25. The number of aryl methyl sites for hydroxylation is 1. The number of aromatic nitrogens is 4. The minimum Gasteiger partial charge on any atom is -0.462 e. The minimum atomic E-state index is -0.480. The van der Waals surface area contributed by atoms with Crippen molar-refractivity contribution >= 4 is 49.3 Å². The summed E-state index contributed by atoms with van der Waals surface area (Å²) in [4.78, 5) is 30.0. The summed E-state index contributed by atoms with van der Waals surface area (Å²) in [5.74, 6) is -0.480. The second kappa shape index (κ2) is 6.71. The fourth-order valence-corrected chi connectivity index (χ4v) is 4.19. The molecule has 9 heteroatoms. The van der Waals surface area contributed by atoms with E-state index in [1.54, 1.807) is 26.0 Å². The summed E-state index contributed by atoms with van der Waals surface area (Å²) in [6.45, 7) is 3.72. The fourth-order valence-electron chi connectivity index (χ4n) is 3.01. The lowest BCUT2D eigenvalue weighted by molar-refractivity contribution is 0.0526. The van der Waals surface area contributed by atoms with E-state index in [4.69, 9.17) is 16.3 Å². The molecule has 0 aliphatic heterocycles. The second-order valence-corrected chi connectivity index (χ2v) is 7.21. The summed E-state index contributed by atoms with van der Waals surface area (Å²) in [6.07, 6.45) is 0. The van der Waals surface area contributed by atoms with Gasteiger partial charge in [0.2, 0.25) is 0 Å². The molecule has 0 aliphatic carbocycles. The molecule has 27 heavy (non-hydrogen) atoms. The molecule has 7 nitrogen and oxygen atoms in total. The summed E-state index contributed by atoms with van der Waals surface area (Å²) in [5.41, 5.74) is 2.27. The zero-order valence-electron chi connectivity index (χ0n) is 14.4. The molecule has 0 saturated heterocycles. The van der Waals surface area contributed by atoms with Crippen molar-refractivity contribution in [2.24, 2.45) is 0 Å². The molecule has 0 bridgehead atoms. The van der Waals surface area contributed by atoms with Crippen LogP contribution >= 0.6 is 22.9 Å². The second-order valence-electron chi connectivity index (χ2n) is 5.78. The number of rotatable bonds is 3. The van der Waals surface area contributed by atoms with E-state index in [9.17, 15) is 9.59 Å². The number of nitrogens with zero attached hydrogens (tertiary/aromatic N) is 3. The Hall–Kier alpha value is -2.84. The van der Waals surface area contributed by atoms with Gasteiger partial charge in [0.05, 0.1) is 17.9 Å². The molecule has 1 N–H and O–H groups in total. The van der Waals surface area contributed by atoms with E-state index in [-0.39, 0.29) is 12.2 Å². The quantitative estimate of drug-likeness (QED) is 0.526. The van der Waals surface area contributed by atoms with E-state index in [0.29, 0.717) is 42.3 Å². The molecule has 0 amide bonds. The number of carbonyl (C=O) groups excluding carboxylic acids is 1. The molecule has 136 valence electrons. The standard InChI is InChI=1S/C18H13ClN4O3S/c1-3-26-18(25)11-8(2)20-17-13(12(11)9-4-6-10(19)7-5-9)14-15(27-17)16(24)22-23-21-14/h4-7H,3H2,1-2H3,(H,21,22,24). The normalized spacial score (nSPS) is 11.2. The van der Waals surface area contributed by atoms with E-state index in [1.165, 1.54) is 11.3 Å². The predicted octanol–water partition coefficient (Wildman–Crippen LogP) is 3.73. The van der Waals surface area contributed by atoms with Crippen molar-refractivity contribution < 1.29 is 9.53 Å². The first-order chi connectivity index (χ1) is 13.0. The van der Waals surface area contributed by atoms with E-state index in [0.717, 1.165) is 5.56 Å². The Kier molecular flexibility index (Phi) is 4.37. The zero-order valence-corrected chi connectivity index (χ0v) is 15.9. The van der Waals surface area contributed by atoms with Crippen LogP contribution in [0, 0.1) is 6.92 Å². The van der Waals surface area contributed by atoms with Gasteiger partial charge in [0.15, 0.2) is 0 Å². The Morgan fingerprint density at radius 2 is 2.04 bits per heavy atom. The lowest BCUT2D eigenvalue weighted by Crippen LogP contribution is -2.11. The number of halogens is 1. The number of nitrogens with one attached hydrogen (secondary N) is 1. The molecule has 0 unspecified atom stereocenters. The van der Waals surface area contributed by atoms with Crippen LogP contribution in [0.15, 0.2) is 29.1 Å². The molecule has 4 aromatic rings. The first-order valence-corrected chi connectivity index (χ1v) is 9.32. The molecule has 1 aromatic carbocycles. The number of benzene rings is 1. The van der Waals surface area contributed by atoms with Crippen LogP contribution in [-0.4, -0.2) is 33.0 Å². The van der Waals surface area contributed by atoms with E-state index < -0.39 is 5.97 Å². The zero-order chi connectivity index (χ0) is 19.1. The van der Waals surface area contributed by atoms with Crippen LogP contribution in [0.1, 0.15) is 23.0 Å². The third kappa shape index (κ3) is 2.87. The van der Waals surface area contributed by atoms with Gasteiger partial charge < -0.3 is 4.74 Å². The van der Waals surface area contributed by atoms with Crippen molar-refractivity contribution in [2.45, 2.75) is 13.8 Å². The van der Waals surface area contributed by atoms with Gasteiger partial charge in [-0.05, 0) is 31.5 Å². The van der Waals surface area contributed by atoms with Gasteiger partial charge in [-0.15, -0.1) is 16.4 Å². The van der Waals surface area contributed by atoms with Crippen LogP contribution in [0.3, 0.4) is 0 Å². The number of ether oxygens (including phenoxy) is 1. The molecule has 3 heterocycles. The Balaban J connectivity index is 2.20. The number of aromatic amines is 1. The minimum absolute atomic E-state index is 0.236. The lowest BCUT2D eigenvalue weighted by atomic mass is 9.96. The average Bonchev–Trinajstić information content (AvgIpc) is 3.01. The highest BCUT2D eigenvalue weighted by atomic mass is 35.5. The number of hydrogen-bond donors (Lipinski definition) is 1. The third-order valence-corrected chi connectivity index (χ3v) is 5.44. The molecule has 4 rings (SSSR count). The summed E-state index contributed by atoms with van der Waals surface area (Å²) in [5, 5.41) is 11.3.